The van der Waals surface area contributed by atoms with E-state index in [1.165, 1.54) is 19.3 Å². The highest BCUT2D eigenvalue weighted by atomic mass is 35.5. The largest absolute Gasteiger partial charge is 0.341 e. The second kappa shape index (κ2) is 4.46. The third-order valence-corrected chi connectivity index (χ3v) is 5.80. The Morgan fingerprint density at radius 2 is 2.06 bits per heavy atom. The Bertz CT molecular complexity index is 319. The minimum Gasteiger partial charge on any atom is -0.341 e. The third kappa shape index (κ3) is 2.09. The lowest BCUT2D eigenvalue weighted by molar-refractivity contribution is -0.138. The van der Waals surface area contributed by atoms with Crippen LogP contribution in [0.25, 0.3) is 0 Å². The monoisotopic (exact) mass is 255 g/mol. The molecule has 0 aromatic rings. The molecule has 2 bridgehead atoms. The van der Waals surface area contributed by atoms with Gasteiger partial charge in [-0.2, -0.15) is 0 Å². The summed E-state index contributed by atoms with van der Waals surface area (Å²) in [4.78, 5) is 14.6. The number of hydrogen-bond donors (Lipinski definition) is 0. The quantitative estimate of drug-likeness (QED) is 0.660. The highest BCUT2D eigenvalue weighted by molar-refractivity contribution is 6.21. The molecule has 1 saturated heterocycles. The molecule has 2 aliphatic carbocycles. The molecule has 96 valence electrons. The van der Waals surface area contributed by atoms with Gasteiger partial charge in [0.05, 0.1) is 5.38 Å². The molecule has 17 heavy (non-hydrogen) atoms. The van der Waals surface area contributed by atoms with E-state index in [1.807, 2.05) is 4.90 Å². The van der Waals surface area contributed by atoms with Crippen LogP contribution in [0, 0.1) is 23.7 Å². The summed E-state index contributed by atoms with van der Waals surface area (Å²) in [6.07, 6.45) is 6.19. The summed E-state index contributed by atoms with van der Waals surface area (Å²) in [5.74, 6) is 2.85. The lowest BCUT2D eigenvalue weighted by atomic mass is 9.87. The van der Waals surface area contributed by atoms with Gasteiger partial charge in [0.1, 0.15) is 0 Å². The molecule has 1 aliphatic heterocycles. The molecule has 0 aromatic heterocycles. The minimum atomic E-state index is 0.159. The fourth-order valence-electron chi connectivity index (χ4n) is 4.00. The summed E-state index contributed by atoms with van der Waals surface area (Å²) >= 11 is 6.30. The number of alkyl halides is 1. The van der Waals surface area contributed by atoms with Gasteiger partial charge in [-0.25, -0.2) is 0 Å². The van der Waals surface area contributed by atoms with Gasteiger partial charge in [-0.3, -0.25) is 4.79 Å². The SMILES string of the molecule is CC1CCN(C(=O)C2CC3CCC2C3)CC1Cl. The van der Waals surface area contributed by atoms with Crippen molar-refractivity contribution in [3.8, 4) is 0 Å². The van der Waals surface area contributed by atoms with Gasteiger partial charge in [0.15, 0.2) is 0 Å². The molecule has 0 spiro atoms. The predicted molar refractivity (Wildman–Crippen MR) is 68.9 cm³/mol. The highest BCUT2D eigenvalue weighted by Crippen LogP contribution is 2.49. The van der Waals surface area contributed by atoms with Crippen LogP contribution in [0.15, 0.2) is 0 Å². The normalized spacial score (nSPS) is 45.3. The van der Waals surface area contributed by atoms with Crippen molar-refractivity contribution in [1.82, 2.24) is 4.90 Å². The second-order valence-electron chi connectivity index (χ2n) is 6.35. The van der Waals surface area contributed by atoms with Gasteiger partial charge in [-0.15, -0.1) is 11.6 Å². The van der Waals surface area contributed by atoms with Crippen LogP contribution >= 0.6 is 11.6 Å². The average Bonchev–Trinajstić information content (AvgIpc) is 2.93. The third-order valence-electron chi connectivity index (χ3n) is 5.23. The molecule has 3 rings (SSSR count). The smallest absolute Gasteiger partial charge is 0.226 e. The molecule has 3 aliphatic rings. The lowest BCUT2D eigenvalue weighted by Gasteiger charge is -2.36. The first-order valence-corrected chi connectivity index (χ1v) is 7.51. The van der Waals surface area contributed by atoms with Crippen LogP contribution in [0.4, 0.5) is 0 Å². The predicted octanol–water partition coefficient (Wildman–Crippen LogP) is 2.90. The first-order valence-electron chi connectivity index (χ1n) is 7.08. The van der Waals surface area contributed by atoms with E-state index in [4.69, 9.17) is 11.6 Å². The van der Waals surface area contributed by atoms with Crippen LogP contribution in [0.3, 0.4) is 0 Å². The van der Waals surface area contributed by atoms with Crippen molar-refractivity contribution in [3.63, 3.8) is 0 Å². The van der Waals surface area contributed by atoms with E-state index in [9.17, 15) is 4.79 Å². The molecule has 5 atom stereocenters. The summed E-state index contributed by atoms with van der Waals surface area (Å²) in [5, 5.41) is 0.159. The van der Waals surface area contributed by atoms with Crippen molar-refractivity contribution >= 4 is 17.5 Å². The first kappa shape index (κ1) is 11.8. The van der Waals surface area contributed by atoms with Crippen molar-refractivity contribution < 1.29 is 4.79 Å². The van der Waals surface area contributed by atoms with Crippen LogP contribution in [0.2, 0.25) is 0 Å². The molecule has 0 aromatic carbocycles. The summed E-state index contributed by atoms with van der Waals surface area (Å²) in [7, 11) is 0. The van der Waals surface area contributed by atoms with Crippen LogP contribution in [0.5, 0.6) is 0 Å². The maximum Gasteiger partial charge on any atom is 0.226 e. The fraction of sp³-hybridized carbons (Fsp3) is 0.929. The number of piperidine rings is 1. The van der Waals surface area contributed by atoms with Crippen LogP contribution in [-0.4, -0.2) is 29.3 Å². The van der Waals surface area contributed by atoms with E-state index in [-0.39, 0.29) is 5.38 Å². The van der Waals surface area contributed by atoms with Gasteiger partial charge < -0.3 is 4.90 Å². The number of nitrogens with zero attached hydrogens (tertiary/aromatic N) is 1. The Kier molecular flexibility index (Phi) is 3.10. The van der Waals surface area contributed by atoms with Gasteiger partial charge in [0, 0.05) is 19.0 Å². The zero-order valence-electron chi connectivity index (χ0n) is 10.6. The number of hydrogen-bond acceptors (Lipinski definition) is 1. The van der Waals surface area contributed by atoms with Gasteiger partial charge in [-0.1, -0.05) is 13.3 Å². The van der Waals surface area contributed by atoms with Crippen molar-refractivity contribution in [2.75, 3.05) is 13.1 Å². The molecule has 5 unspecified atom stereocenters. The molecular formula is C14H22ClNO. The first-order chi connectivity index (χ1) is 8.15. The van der Waals surface area contributed by atoms with Crippen LogP contribution < -0.4 is 0 Å². The highest BCUT2D eigenvalue weighted by Gasteiger charge is 2.45. The minimum absolute atomic E-state index is 0.159. The average molecular weight is 256 g/mol. The number of carbonyl (C=O) groups is 1. The second-order valence-corrected chi connectivity index (χ2v) is 6.91. The maximum atomic E-state index is 12.5. The van der Waals surface area contributed by atoms with Crippen molar-refractivity contribution in [2.45, 2.75) is 44.4 Å². The maximum absolute atomic E-state index is 12.5. The molecular weight excluding hydrogens is 234 g/mol. The topological polar surface area (TPSA) is 20.3 Å². The van der Waals surface area contributed by atoms with Gasteiger partial charge in [-0.05, 0) is 43.4 Å². The van der Waals surface area contributed by atoms with Crippen LogP contribution in [-0.2, 0) is 4.79 Å². The lowest BCUT2D eigenvalue weighted by Crippen LogP contribution is -2.47. The number of rotatable bonds is 1. The van der Waals surface area contributed by atoms with Crippen molar-refractivity contribution in [2.24, 2.45) is 23.7 Å². The number of amides is 1. The van der Waals surface area contributed by atoms with E-state index in [0.29, 0.717) is 23.7 Å². The van der Waals surface area contributed by atoms with Crippen molar-refractivity contribution in [1.29, 1.82) is 0 Å². The summed E-state index contributed by atoms with van der Waals surface area (Å²) in [6, 6.07) is 0. The molecule has 1 amide bonds. The fourth-order valence-corrected chi connectivity index (χ4v) is 4.30. The molecule has 2 nitrogen and oxygen atoms in total. The number of carbonyl (C=O) groups excluding carboxylic acids is 1. The summed E-state index contributed by atoms with van der Waals surface area (Å²) < 4.78 is 0. The Labute approximate surface area is 109 Å². The number of halogens is 1. The molecule has 0 radical (unpaired) electrons. The van der Waals surface area contributed by atoms with Crippen molar-refractivity contribution in [3.05, 3.63) is 0 Å². The molecule has 0 N–H and O–H groups in total. The van der Waals surface area contributed by atoms with E-state index < -0.39 is 0 Å². The summed E-state index contributed by atoms with van der Waals surface area (Å²) in [5.41, 5.74) is 0. The number of likely N-dealkylation sites (tertiary alicyclic amines) is 1. The molecule has 3 fully saturated rings. The van der Waals surface area contributed by atoms with E-state index in [2.05, 4.69) is 6.92 Å². The van der Waals surface area contributed by atoms with E-state index >= 15 is 0 Å². The van der Waals surface area contributed by atoms with Gasteiger partial charge in [0.2, 0.25) is 5.91 Å². The van der Waals surface area contributed by atoms with Crippen LogP contribution in [0.1, 0.15) is 39.0 Å². The summed E-state index contributed by atoms with van der Waals surface area (Å²) in [6.45, 7) is 3.89. The Balaban J connectivity index is 1.63. The van der Waals surface area contributed by atoms with Gasteiger partial charge >= 0.3 is 0 Å². The Hall–Kier alpha value is -0.240. The zero-order chi connectivity index (χ0) is 12.0. The molecule has 1 heterocycles. The van der Waals surface area contributed by atoms with E-state index in [0.717, 1.165) is 31.8 Å². The standard InChI is InChI=1S/C14H22ClNO/c1-9-4-5-16(8-13(9)15)14(17)12-7-10-2-3-11(12)6-10/h9-13H,2-8H2,1H3. The Morgan fingerprint density at radius 3 is 2.65 bits per heavy atom. The molecule has 3 heteroatoms. The van der Waals surface area contributed by atoms with E-state index in [1.54, 1.807) is 0 Å². The zero-order valence-corrected chi connectivity index (χ0v) is 11.3. The molecule has 2 saturated carbocycles. The van der Waals surface area contributed by atoms with Gasteiger partial charge in [0.25, 0.3) is 0 Å². The Morgan fingerprint density at radius 1 is 1.24 bits per heavy atom. The number of fused-ring (bicyclic) bond motifs is 2.